The van der Waals surface area contributed by atoms with Crippen LogP contribution >= 0.6 is 15.9 Å². The van der Waals surface area contributed by atoms with Gasteiger partial charge in [0.05, 0.1) is 15.9 Å². The zero-order valence-electron chi connectivity index (χ0n) is 13.1. The number of nitrogens with one attached hydrogen (secondary N) is 1. The largest absolute Gasteiger partial charge is 0.316 e. The first-order valence-corrected chi connectivity index (χ1v) is 8.82. The molecule has 0 aromatic carbocycles. The molecule has 0 saturated heterocycles. The van der Waals surface area contributed by atoms with Crippen LogP contribution < -0.4 is 5.32 Å². The SMILES string of the molecule is CCNCC1(Cc2c(Br)c(CC)nn2C)CCCCC1. The number of halogens is 1. The number of rotatable bonds is 6. The van der Waals surface area contributed by atoms with Crippen molar-refractivity contribution in [1.82, 2.24) is 15.1 Å². The van der Waals surface area contributed by atoms with E-state index in [4.69, 9.17) is 0 Å². The first kappa shape index (κ1) is 16.0. The van der Waals surface area contributed by atoms with E-state index in [-0.39, 0.29) is 0 Å². The van der Waals surface area contributed by atoms with Crippen LogP contribution in [0, 0.1) is 5.41 Å². The molecule has 1 aromatic rings. The van der Waals surface area contributed by atoms with Crippen LogP contribution in [0.25, 0.3) is 0 Å². The molecule has 1 aromatic heterocycles. The van der Waals surface area contributed by atoms with Crippen LogP contribution in [0.5, 0.6) is 0 Å². The highest BCUT2D eigenvalue weighted by atomic mass is 79.9. The average Bonchev–Trinajstić information content (AvgIpc) is 2.73. The molecule has 1 N–H and O–H groups in total. The van der Waals surface area contributed by atoms with Crippen molar-refractivity contribution in [2.45, 2.75) is 58.8 Å². The number of hydrogen-bond donors (Lipinski definition) is 1. The standard InChI is InChI=1S/C16H28BrN3/c1-4-13-15(17)14(20(3)19-13)11-16(12-18-5-2)9-7-6-8-10-16/h18H,4-12H2,1-3H3. The second-order valence-corrected chi connectivity index (χ2v) is 7.00. The highest BCUT2D eigenvalue weighted by molar-refractivity contribution is 9.10. The molecule has 0 spiro atoms. The molecule has 114 valence electrons. The molecule has 0 atom stereocenters. The summed E-state index contributed by atoms with van der Waals surface area (Å²) in [6.45, 7) is 6.58. The third-order valence-electron chi connectivity index (χ3n) is 4.71. The van der Waals surface area contributed by atoms with E-state index in [1.165, 1.54) is 48.0 Å². The molecule has 1 saturated carbocycles. The lowest BCUT2D eigenvalue weighted by Crippen LogP contribution is -2.38. The Morgan fingerprint density at radius 3 is 2.50 bits per heavy atom. The molecule has 0 radical (unpaired) electrons. The Labute approximate surface area is 131 Å². The van der Waals surface area contributed by atoms with Gasteiger partial charge in [-0.05, 0) is 53.6 Å². The van der Waals surface area contributed by atoms with Gasteiger partial charge in [0.15, 0.2) is 0 Å². The number of hydrogen-bond acceptors (Lipinski definition) is 2. The Morgan fingerprint density at radius 1 is 1.25 bits per heavy atom. The zero-order chi connectivity index (χ0) is 14.6. The molecule has 0 unspecified atom stereocenters. The Balaban J connectivity index is 2.21. The molecule has 20 heavy (non-hydrogen) atoms. The van der Waals surface area contributed by atoms with Crippen LogP contribution in [-0.4, -0.2) is 22.9 Å². The van der Waals surface area contributed by atoms with E-state index < -0.39 is 0 Å². The number of nitrogens with zero attached hydrogens (tertiary/aromatic N) is 2. The predicted molar refractivity (Wildman–Crippen MR) is 88.1 cm³/mol. The van der Waals surface area contributed by atoms with Gasteiger partial charge in [-0.15, -0.1) is 0 Å². The van der Waals surface area contributed by atoms with Gasteiger partial charge in [-0.2, -0.15) is 5.10 Å². The summed E-state index contributed by atoms with van der Waals surface area (Å²) in [5.41, 5.74) is 2.99. The van der Waals surface area contributed by atoms with Gasteiger partial charge < -0.3 is 5.32 Å². The molecular formula is C16H28BrN3. The summed E-state index contributed by atoms with van der Waals surface area (Å²) >= 11 is 3.78. The predicted octanol–water partition coefficient (Wildman–Crippen LogP) is 3.85. The Bertz CT molecular complexity index is 433. The first-order valence-electron chi connectivity index (χ1n) is 8.03. The second-order valence-electron chi connectivity index (χ2n) is 6.20. The van der Waals surface area contributed by atoms with Gasteiger partial charge in [0, 0.05) is 13.6 Å². The summed E-state index contributed by atoms with van der Waals surface area (Å²) in [6, 6.07) is 0. The van der Waals surface area contributed by atoms with Gasteiger partial charge in [-0.1, -0.05) is 33.1 Å². The van der Waals surface area contributed by atoms with E-state index in [2.05, 4.69) is 51.9 Å². The lowest BCUT2D eigenvalue weighted by molar-refractivity contribution is 0.178. The van der Waals surface area contributed by atoms with Crippen LogP contribution in [0.1, 0.15) is 57.3 Å². The van der Waals surface area contributed by atoms with Gasteiger partial charge in [0.2, 0.25) is 0 Å². The molecule has 1 aliphatic rings. The molecule has 1 heterocycles. The Kier molecular flexibility index (Phi) is 5.67. The van der Waals surface area contributed by atoms with Gasteiger partial charge in [0.25, 0.3) is 0 Å². The molecule has 3 nitrogen and oxygen atoms in total. The summed E-state index contributed by atoms with van der Waals surface area (Å²) in [7, 11) is 2.09. The summed E-state index contributed by atoms with van der Waals surface area (Å²) < 4.78 is 3.33. The number of aromatic nitrogens is 2. The van der Waals surface area contributed by atoms with Crippen molar-refractivity contribution in [1.29, 1.82) is 0 Å². The van der Waals surface area contributed by atoms with E-state index in [1.54, 1.807) is 0 Å². The third kappa shape index (κ3) is 3.45. The summed E-state index contributed by atoms with van der Waals surface area (Å²) in [6.07, 6.45) is 8.99. The Morgan fingerprint density at radius 2 is 1.95 bits per heavy atom. The monoisotopic (exact) mass is 341 g/mol. The summed E-state index contributed by atoms with van der Waals surface area (Å²) in [4.78, 5) is 0. The van der Waals surface area contributed by atoms with Crippen molar-refractivity contribution >= 4 is 15.9 Å². The molecule has 1 aliphatic carbocycles. The van der Waals surface area contributed by atoms with Crippen LogP contribution in [0.15, 0.2) is 4.47 Å². The van der Waals surface area contributed by atoms with Gasteiger partial charge in [0.1, 0.15) is 0 Å². The quantitative estimate of drug-likeness (QED) is 0.851. The van der Waals surface area contributed by atoms with E-state index >= 15 is 0 Å². The third-order valence-corrected chi connectivity index (χ3v) is 5.62. The van der Waals surface area contributed by atoms with Crippen molar-refractivity contribution in [3.8, 4) is 0 Å². The smallest absolute Gasteiger partial charge is 0.0766 e. The number of aryl methyl sites for hydroxylation is 2. The fourth-order valence-electron chi connectivity index (χ4n) is 3.48. The van der Waals surface area contributed by atoms with Gasteiger partial charge in [-0.25, -0.2) is 0 Å². The minimum Gasteiger partial charge on any atom is -0.316 e. The van der Waals surface area contributed by atoms with Crippen molar-refractivity contribution < 1.29 is 0 Å². The summed E-state index contributed by atoms with van der Waals surface area (Å²) in [5.74, 6) is 0. The molecule has 0 aliphatic heterocycles. The molecular weight excluding hydrogens is 314 g/mol. The minimum atomic E-state index is 0.426. The second kappa shape index (κ2) is 7.08. The van der Waals surface area contributed by atoms with Crippen LogP contribution in [0.4, 0.5) is 0 Å². The average molecular weight is 342 g/mol. The van der Waals surface area contributed by atoms with Gasteiger partial charge >= 0.3 is 0 Å². The van der Waals surface area contributed by atoms with Crippen molar-refractivity contribution in [2.24, 2.45) is 12.5 Å². The maximum Gasteiger partial charge on any atom is 0.0766 e. The molecule has 0 bridgehead atoms. The van der Waals surface area contributed by atoms with Crippen LogP contribution in [0.2, 0.25) is 0 Å². The fourth-order valence-corrected chi connectivity index (χ4v) is 4.23. The van der Waals surface area contributed by atoms with E-state index in [0.717, 1.165) is 25.9 Å². The van der Waals surface area contributed by atoms with Crippen molar-refractivity contribution in [3.05, 3.63) is 15.9 Å². The van der Waals surface area contributed by atoms with Crippen LogP contribution in [0.3, 0.4) is 0 Å². The van der Waals surface area contributed by atoms with E-state index in [9.17, 15) is 0 Å². The minimum absolute atomic E-state index is 0.426. The maximum atomic E-state index is 4.65. The Hall–Kier alpha value is -0.350. The normalized spacial score (nSPS) is 18.4. The highest BCUT2D eigenvalue weighted by Gasteiger charge is 2.33. The molecule has 2 rings (SSSR count). The summed E-state index contributed by atoms with van der Waals surface area (Å²) in [5, 5.41) is 8.25. The topological polar surface area (TPSA) is 29.9 Å². The van der Waals surface area contributed by atoms with Gasteiger partial charge in [-0.3, -0.25) is 4.68 Å². The van der Waals surface area contributed by atoms with Crippen molar-refractivity contribution in [2.75, 3.05) is 13.1 Å². The fraction of sp³-hybridized carbons (Fsp3) is 0.812. The molecule has 0 amide bonds. The van der Waals surface area contributed by atoms with E-state index in [0.29, 0.717) is 5.41 Å². The van der Waals surface area contributed by atoms with E-state index in [1.807, 2.05) is 0 Å². The lowest BCUT2D eigenvalue weighted by Gasteiger charge is -2.37. The highest BCUT2D eigenvalue weighted by Crippen LogP contribution is 2.40. The van der Waals surface area contributed by atoms with Crippen LogP contribution in [-0.2, 0) is 19.9 Å². The lowest BCUT2D eigenvalue weighted by atomic mass is 9.71. The zero-order valence-corrected chi connectivity index (χ0v) is 14.7. The maximum absolute atomic E-state index is 4.65. The van der Waals surface area contributed by atoms with Crippen molar-refractivity contribution in [3.63, 3.8) is 0 Å². The molecule has 4 heteroatoms. The molecule has 1 fully saturated rings. The first-order chi connectivity index (χ1) is 9.62.